The van der Waals surface area contributed by atoms with Crippen molar-refractivity contribution >= 4 is 37.8 Å². The molecule has 0 aliphatic carbocycles. The van der Waals surface area contributed by atoms with E-state index < -0.39 is 0 Å². The highest BCUT2D eigenvalue weighted by atomic mass is 79.9. The van der Waals surface area contributed by atoms with Gasteiger partial charge in [0.05, 0.1) is 19.3 Å². The van der Waals surface area contributed by atoms with Crippen LogP contribution in [-0.4, -0.2) is 41.6 Å². The normalized spacial score (nSPS) is 20.7. The van der Waals surface area contributed by atoms with E-state index in [9.17, 15) is 0 Å². The summed E-state index contributed by atoms with van der Waals surface area (Å²) in [5.74, 6) is 0.561. The number of pyridine rings is 1. The number of morpholine rings is 1. The Kier molecular flexibility index (Phi) is 5.18. The summed E-state index contributed by atoms with van der Waals surface area (Å²) in [5, 5.41) is 0. The lowest BCUT2D eigenvalue weighted by molar-refractivity contribution is 0.00528. The van der Waals surface area contributed by atoms with Crippen molar-refractivity contribution in [1.29, 1.82) is 0 Å². The van der Waals surface area contributed by atoms with E-state index in [-0.39, 0.29) is 6.10 Å². The molecule has 5 nitrogen and oxygen atoms in total. The molecule has 1 aliphatic rings. The largest absolute Gasteiger partial charge is 0.375 e. The maximum atomic E-state index is 6.03. The molecule has 0 spiro atoms. The highest BCUT2D eigenvalue weighted by Crippen LogP contribution is 2.24. The summed E-state index contributed by atoms with van der Waals surface area (Å²) in [6.45, 7) is 4.82. The van der Waals surface area contributed by atoms with Gasteiger partial charge in [-0.05, 0) is 38.8 Å². The molecular formula is C12H16Br2N4O. The minimum absolute atomic E-state index is 0.196. The molecule has 0 aromatic carbocycles. The number of hydrogen-bond donors (Lipinski definition) is 1. The molecule has 2 N–H and O–H groups in total. The Bertz CT molecular complexity index is 461. The first-order chi connectivity index (χ1) is 9.08. The van der Waals surface area contributed by atoms with Crippen molar-refractivity contribution in [2.45, 2.75) is 19.6 Å². The molecule has 0 radical (unpaired) electrons. The van der Waals surface area contributed by atoms with E-state index in [0.717, 1.165) is 27.6 Å². The Morgan fingerprint density at radius 3 is 2.84 bits per heavy atom. The number of guanidine groups is 1. The van der Waals surface area contributed by atoms with E-state index in [1.807, 2.05) is 6.92 Å². The fraction of sp³-hybridized carbons (Fsp3) is 0.500. The number of aromatic nitrogens is 1. The minimum atomic E-state index is 0.196. The maximum Gasteiger partial charge on any atom is 0.191 e. The summed E-state index contributed by atoms with van der Waals surface area (Å²) in [4.78, 5) is 10.6. The van der Waals surface area contributed by atoms with Crippen LogP contribution < -0.4 is 5.73 Å². The summed E-state index contributed by atoms with van der Waals surface area (Å²) >= 11 is 6.93. The maximum absolute atomic E-state index is 6.03. The van der Waals surface area contributed by atoms with Crippen LogP contribution in [0.5, 0.6) is 0 Å². The van der Waals surface area contributed by atoms with Crippen molar-refractivity contribution in [3.8, 4) is 0 Å². The van der Waals surface area contributed by atoms with E-state index in [0.29, 0.717) is 19.1 Å². The van der Waals surface area contributed by atoms with Crippen molar-refractivity contribution in [2.24, 2.45) is 10.7 Å². The fourth-order valence-electron chi connectivity index (χ4n) is 1.88. The molecule has 104 valence electrons. The third kappa shape index (κ3) is 3.90. The van der Waals surface area contributed by atoms with E-state index in [1.165, 1.54) is 0 Å². The molecule has 1 aromatic heterocycles. The predicted molar refractivity (Wildman–Crippen MR) is 82.0 cm³/mol. The van der Waals surface area contributed by atoms with Crippen LogP contribution in [0.3, 0.4) is 0 Å². The van der Waals surface area contributed by atoms with Gasteiger partial charge in [-0.15, -0.1) is 0 Å². The molecule has 1 aromatic rings. The number of rotatable bonds is 2. The van der Waals surface area contributed by atoms with Crippen molar-refractivity contribution in [2.75, 3.05) is 19.7 Å². The molecule has 1 atom stereocenters. The van der Waals surface area contributed by atoms with Crippen molar-refractivity contribution in [3.63, 3.8) is 0 Å². The van der Waals surface area contributed by atoms with Gasteiger partial charge < -0.3 is 15.4 Å². The predicted octanol–water partition coefficient (Wildman–Crippen LogP) is 2.14. The summed E-state index contributed by atoms with van der Waals surface area (Å²) in [7, 11) is 0. The van der Waals surface area contributed by atoms with Gasteiger partial charge in [0.25, 0.3) is 0 Å². The van der Waals surface area contributed by atoms with Gasteiger partial charge >= 0.3 is 0 Å². The van der Waals surface area contributed by atoms with E-state index in [4.69, 9.17) is 10.5 Å². The Labute approximate surface area is 129 Å². The highest BCUT2D eigenvalue weighted by Gasteiger charge is 2.18. The number of halogens is 2. The number of hydrogen-bond acceptors (Lipinski definition) is 3. The molecule has 0 amide bonds. The summed E-state index contributed by atoms with van der Waals surface area (Å²) < 4.78 is 7.33. The molecule has 0 saturated carbocycles. The van der Waals surface area contributed by atoms with Crippen molar-refractivity contribution in [1.82, 2.24) is 9.88 Å². The van der Waals surface area contributed by atoms with Gasteiger partial charge in [0.1, 0.15) is 0 Å². The standard InChI is InChI=1S/C12H16Br2N4O/c1-8-7-18(2-3-19-8)12(15)17-4-9-10(13)5-16-6-11(9)14/h5-6,8H,2-4,7H2,1H3,(H2,15,17). The first kappa shape index (κ1) is 14.7. The lowest BCUT2D eigenvalue weighted by Gasteiger charge is -2.31. The first-order valence-electron chi connectivity index (χ1n) is 6.02. The van der Waals surface area contributed by atoms with E-state index >= 15 is 0 Å². The summed E-state index contributed by atoms with van der Waals surface area (Å²) in [5.41, 5.74) is 7.07. The average Bonchev–Trinajstić information content (AvgIpc) is 2.38. The molecule has 1 fully saturated rings. The van der Waals surface area contributed by atoms with Gasteiger partial charge in [-0.25, -0.2) is 4.99 Å². The Morgan fingerprint density at radius 2 is 2.21 bits per heavy atom. The third-order valence-electron chi connectivity index (χ3n) is 2.92. The molecule has 7 heteroatoms. The Hall–Kier alpha value is -0.660. The average molecular weight is 392 g/mol. The zero-order chi connectivity index (χ0) is 13.8. The summed E-state index contributed by atoms with van der Waals surface area (Å²) in [6.07, 6.45) is 3.70. The van der Waals surface area contributed by atoms with E-state index in [2.05, 4.69) is 46.7 Å². The molecule has 0 bridgehead atoms. The zero-order valence-corrected chi connectivity index (χ0v) is 13.8. The monoisotopic (exact) mass is 390 g/mol. The van der Waals surface area contributed by atoms with Gasteiger partial charge in [-0.3, -0.25) is 4.98 Å². The Balaban J connectivity index is 2.05. The number of nitrogens with two attached hydrogens (primary N) is 1. The summed E-state index contributed by atoms with van der Waals surface area (Å²) in [6, 6.07) is 0. The third-order valence-corrected chi connectivity index (χ3v) is 4.28. The fourth-order valence-corrected chi connectivity index (χ4v) is 3.06. The number of nitrogens with zero attached hydrogens (tertiary/aromatic N) is 3. The van der Waals surface area contributed by atoms with Gasteiger partial charge in [-0.1, -0.05) is 0 Å². The van der Waals surface area contributed by atoms with Gasteiger partial charge in [0.2, 0.25) is 0 Å². The molecule has 1 aliphatic heterocycles. The van der Waals surface area contributed by atoms with Crippen LogP contribution in [0.2, 0.25) is 0 Å². The quantitative estimate of drug-likeness (QED) is 0.619. The molecule has 19 heavy (non-hydrogen) atoms. The van der Waals surface area contributed by atoms with Crippen LogP contribution in [0.15, 0.2) is 26.3 Å². The lowest BCUT2D eigenvalue weighted by atomic mass is 10.3. The van der Waals surface area contributed by atoms with Crippen LogP contribution in [0.4, 0.5) is 0 Å². The van der Waals surface area contributed by atoms with Crippen LogP contribution in [0.1, 0.15) is 12.5 Å². The SMILES string of the molecule is CC1CN(C(N)=NCc2c(Br)cncc2Br)CCO1. The molecule has 2 rings (SSSR count). The Morgan fingerprint density at radius 1 is 1.53 bits per heavy atom. The van der Waals surface area contributed by atoms with Crippen LogP contribution in [0, 0.1) is 0 Å². The van der Waals surface area contributed by atoms with Gasteiger partial charge in [0, 0.05) is 40.0 Å². The van der Waals surface area contributed by atoms with Crippen LogP contribution in [-0.2, 0) is 11.3 Å². The highest BCUT2D eigenvalue weighted by molar-refractivity contribution is 9.11. The van der Waals surface area contributed by atoms with Gasteiger partial charge in [-0.2, -0.15) is 0 Å². The topological polar surface area (TPSA) is 63.7 Å². The van der Waals surface area contributed by atoms with Crippen molar-refractivity contribution < 1.29 is 4.74 Å². The van der Waals surface area contributed by atoms with Crippen molar-refractivity contribution in [3.05, 3.63) is 26.9 Å². The minimum Gasteiger partial charge on any atom is -0.375 e. The first-order valence-corrected chi connectivity index (χ1v) is 7.61. The second-order valence-corrected chi connectivity index (χ2v) is 6.09. The second kappa shape index (κ2) is 6.67. The second-order valence-electron chi connectivity index (χ2n) is 4.38. The zero-order valence-electron chi connectivity index (χ0n) is 10.6. The molecule has 2 heterocycles. The number of ether oxygens (including phenoxy) is 1. The van der Waals surface area contributed by atoms with Crippen LogP contribution >= 0.6 is 31.9 Å². The molecule has 1 saturated heterocycles. The number of aliphatic imine (C=N–C) groups is 1. The molecular weight excluding hydrogens is 376 g/mol. The van der Waals surface area contributed by atoms with Gasteiger partial charge in [0.15, 0.2) is 5.96 Å². The molecule has 1 unspecified atom stereocenters. The lowest BCUT2D eigenvalue weighted by Crippen LogP contribution is -2.47. The van der Waals surface area contributed by atoms with Crippen LogP contribution in [0.25, 0.3) is 0 Å². The smallest absolute Gasteiger partial charge is 0.191 e. The van der Waals surface area contributed by atoms with E-state index in [1.54, 1.807) is 12.4 Å².